The van der Waals surface area contributed by atoms with E-state index >= 15 is 0 Å². The first-order chi connectivity index (χ1) is 4.79. The fraction of sp³-hybridized carbons (Fsp3) is 0. The van der Waals surface area contributed by atoms with E-state index in [1.54, 1.807) is 18.3 Å². The zero-order chi connectivity index (χ0) is 7.40. The molecule has 0 aliphatic rings. The summed E-state index contributed by atoms with van der Waals surface area (Å²) in [5, 5.41) is 0. The molecule has 0 radical (unpaired) electrons. The quantitative estimate of drug-likeness (QED) is 0.655. The van der Waals surface area contributed by atoms with Gasteiger partial charge in [0.15, 0.2) is 0 Å². The Morgan fingerprint density at radius 3 is 3.00 bits per heavy atom. The van der Waals surface area contributed by atoms with Gasteiger partial charge in [0, 0.05) is 10.8 Å². The molecule has 0 amide bonds. The van der Waals surface area contributed by atoms with E-state index in [4.69, 9.17) is 4.89 Å². The Labute approximate surface area is 58.4 Å². The molecule has 0 spiro atoms. The Bertz CT molecular complexity index is 226. The molecule has 0 bridgehead atoms. The number of hydrogen-bond acceptors (Lipinski definition) is 3. The lowest BCUT2D eigenvalue weighted by atomic mass is 10.5. The van der Waals surface area contributed by atoms with Crippen molar-refractivity contribution in [1.29, 1.82) is 0 Å². The summed E-state index contributed by atoms with van der Waals surface area (Å²) in [6.07, 6.45) is 2.92. The summed E-state index contributed by atoms with van der Waals surface area (Å²) in [5.74, 6) is 0.297. The summed E-state index contributed by atoms with van der Waals surface area (Å²) in [4.78, 5) is 11.9. The van der Waals surface area contributed by atoms with Gasteiger partial charge in [0.2, 0.25) is 5.75 Å². The first kappa shape index (κ1) is 7.12. The molecule has 0 aliphatic carbocycles. The Hall–Kier alpha value is -0.990. The van der Waals surface area contributed by atoms with Crippen molar-refractivity contribution in [2.45, 2.75) is 0 Å². The van der Waals surface area contributed by atoms with Gasteiger partial charge in [0.1, 0.15) is 0 Å². The molecule has 1 aromatic rings. The number of aromatic nitrogens is 1. The molecule has 5 heteroatoms. The van der Waals surface area contributed by atoms with Crippen molar-refractivity contribution in [3.63, 3.8) is 0 Å². The lowest BCUT2D eigenvalue weighted by molar-refractivity contribution is 0.410. The zero-order valence-corrected chi connectivity index (χ0v) is 5.86. The summed E-state index contributed by atoms with van der Waals surface area (Å²) in [6.45, 7) is 0. The van der Waals surface area contributed by atoms with Crippen LogP contribution in [-0.4, -0.2) is 9.88 Å². The van der Waals surface area contributed by atoms with Gasteiger partial charge in [-0.2, -0.15) is 0 Å². The van der Waals surface area contributed by atoms with E-state index in [9.17, 15) is 4.57 Å². The zero-order valence-electron chi connectivity index (χ0n) is 4.97. The molecular weight excluding hydrogens is 153 g/mol. The molecule has 1 heterocycles. The molecule has 0 aromatic carbocycles. The molecule has 1 N–H and O–H groups in total. The van der Waals surface area contributed by atoms with Gasteiger partial charge in [0.25, 0.3) is 0 Å². The van der Waals surface area contributed by atoms with Crippen molar-refractivity contribution in [3.8, 4) is 5.75 Å². The molecule has 1 aromatic heterocycles. The predicted octanol–water partition coefficient (Wildman–Crippen LogP) is 1.11. The highest BCUT2D eigenvalue weighted by molar-refractivity contribution is 7.32. The maximum absolute atomic E-state index is 10.1. The van der Waals surface area contributed by atoms with Gasteiger partial charge in [0.05, 0.1) is 6.20 Å². The summed E-state index contributed by atoms with van der Waals surface area (Å²) in [5.41, 5.74) is 0. The molecule has 0 aliphatic heterocycles. The van der Waals surface area contributed by atoms with E-state index < -0.39 is 8.25 Å². The number of pyridine rings is 1. The molecule has 0 saturated carbocycles. The second-order valence-electron chi connectivity index (χ2n) is 1.52. The molecule has 52 valence electrons. The standard InChI is InChI=1S/C5H4NO3P/c7-10(8)9-5-2-1-3-6-4-5/h1-4H/p+1. The summed E-state index contributed by atoms with van der Waals surface area (Å²) < 4.78 is 14.5. The van der Waals surface area contributed by atoms with Crippen LogP contribution in [0.25, 0.3) is 0 Å². The van der Waals surface area contributed by atoms with Crippen molar-refractivity contribution in [2.24, 2.45) is 0 Å². The van der Waals surface area contributed by atoms with Gasteiger partial charge < -0.3 is 0 Å². The van der Waals surface area contributed by atoms with Crippen molar-refractivity contribution in [2.75, 3.05) is 0 Å². The van der Waals surface area contributed by atoms with Gasteiger partial charge >= 0.3 is 8.25 Å². The fourth-order valence-corrected chi connectivity index (χ4v) is 0.780. The van der Waals surface area contributed by atoms with E-state index in [0.29, 0.717) is 5.75 Å². The van der Waals surface area contributed by atoms with Gasteiger partial charge in [-0.05, 0) is 12.1 Å². The Kier molecular flexibility index (Phi) is 2.31. The maximum atomic E-state index is 10.1. The average Bonchev–Trinajstić information content (AvgIpc) is 1.88. The third-order valence-corrected chi connectivity index (χ3v) is 1.18. The Balaban J connectivity index is 2.67. The van der Waals surface area contributed by atoms with Gasteiger partial charge in [-0.15, -0.1) is 4.89 Å². The molecular formula is C5H5NO3P+. The van der Waals surface area contributed by atoms with Crippen LogP contribution in [0.15, 0.2) is 24.5 Å². The molecule has 4 nitrogen and oxygen atoms in total. The van der Waals surface area contributed by atoms with Gasteiger partial charge in [-0.1, -0.05) is 0 Å². The first-order valence-electron chi connectivity index (χ1n) is 2.53. The second-order valence-corrected chi connectivity index (χ2v) is 2.18. The topological polar surface area (TPSA) is 59.4 Å². The number of rotatable bonds is 2. The van der Waals surface area contributed by atoms with Crippen LogP contribution >= 0.6 is 8.25 Å². The van der Waals surface area contributed by atoms with Crippen LogP contribution in [0.5, 0.6) is 5.75 Å². The van der Waals surface area contributed by atoms with E-state index in [1.807, 2.05) is 0 Å². The summed E-state index contributed by atoms with van der Waals surface area (Å²) >= 11 is 0. The van der Waals surface area contributed by atoms with E-state index in [2.05, 4.69) is 9.51 Å². The molecule has 1 unspecified atom stereocenters. The molecule has 10 heavy (non-hydrogen) atoms. The number of hydrogen-bond donors (Lipinski definition) is 1. The minimum Gasteiger partial charge on any atom is -0.261 e. The van der Waals surface area contributed by atoms with Crippen molar-refractivity contribution >= 4 is 8.25 Å². The van der Waals surface area contributed by atoms with E-state index in [-0.39, 0.29) is 0 Å². The Morgan fingerprint density at radius 2 is 2.50 bits per heavy atom. The summed E-state index contributed by atoms with van der Waals surface area (Å²) in [7, 11) is -2.57. The third kappa shape index (κ3) is 2.09. The normalized spacial score (nSPS) is 10.7. The second kappa shape index (κ2) is 3.25. The molecule has 0 saturated heterocycles. The fourth-order valence-electron chi connectivity index (χ4n) is 0.491. The van der Waals surface area contributed by atoms with Crippen LogP contribution in [0, 0.1) is 0 Å². The largest absolute Gasteiger partial charge is 0.747 e. The number of nitrogens with zero attached hydrogens (tertiary/aromatic N) is 1. The summed E-state index contributed by atoms with van der Waals surface area (Å²) in [6, 6.07) is 3.17. The first-order valence-corrected chi connectivity index (χ1v) is 3.66. The highest BCUT2D eigenvalue weighted by Crippen LogP contribution is 2.20. The third-order valence-electron chi connectivity index (χ3n) is 0.818. The van der Waals surface area contributed by atoms with Crippen LogP contribution < -0.4 is 4.52 Å². The minimum absolute atomic E-state index is 0.297. The van der Waals surface area contributed by atoms with E-state index in [0.717, 1.165) is 0 Å². The lowest BCUT2D eigenvalue weighted by Crippen LogP contribution is -1.79. The maximum Gasteiger partial charge on any atom is 0.747 e. The predicted molar refractivity (Wildman–Crippen MR) is 34.7 cm³/mol. The monoisotopic (exact) mass is 158 g/mol. The van der Waals surface area contributed by atoms with Gasteiger partial charge in [-0.3, -0.25) is 4.98 Å². The van der Waals surface area contributed by atoms with Gasteiger partial charge in [-0.25, -0.2) is 4.52 Å². The van der Waals surface area contributed by atoms with Crippen molar-refractivity contribution < 1.29 is 14.0 Å². The van der Waals surface area contributed by atoms with Crippen LogP contribution in [0.2, 0.25) is 0 Å². The van der Waals surface area contributed by atoms with Crippen LogP contribution in [0.4, 0.5) is 0 Å². The molecule has 1 atom stereocenters. The van der Waals surface area contributed by atoms with E-state index in [1.165, 1.54) is 6.20 Å². The molecule has 0 fully saturated rings. The average molecular weight is 158 g/mol. The smallest absolute Gasteiger partial charge is 0.261 e. The highest BCUT2D eigenvalue weighted by atomic mass is 31.1. The van der Waals surface area contributed by atoms with Crippen molar-refractivity contribution in [1.82, 2.24) is 4.98 Å². The van der Waals surface area contributed by atoms with Crippen LogP contribution in [0.1, 0.15) is 0 Å². The van der Waals surface area contributed by atoms with Crippen LogP contribution in [0.3, 0.4) is 0 Å². The Morgan fingerprint density at radius 1 is 1.70 bits per heavy atom. The molecule has 1 rings (SSSR count). The van der Waals surface area contributed by atoms with Crippen LogP contribution in [-0.2, 0) is 4.57 Å². The highest BCUT2D eigenvalue weighted by Gasteiger charge is 2.12. The minimum atomic E-state index is -2.57. The lowest BCUT2D eigenvalue weighted by Gasteiger charge is -1.85. The SMILES string of the molecule is O=[P+](O)Oc1cccnc1. The van der Waals surface area contributed by atoms with Crippen molar-refractivity contribution in [3.05, 3.63) is 24.5 Å².